The molecule has 3 N–H and O–H groups in total. The zero-order valence-electron chi connectivity index (χ0n) is 11.5. The van der Waals surface area contributed by atoms with Crippen LogP contribution >= 0.6 is 0 Å². The van der Waals surface area contributed by atoms with E-state index in [0.29, 0.717) is 11.3 Å². The number of oxime groups is 1. The summed E-state index contributed by atoms with van der Waals surface area (Å²) in [7, 11) is 0. The SMILES string of the molecule is CCc1nc(C)ccc1Oc1ccc(/C(N)=N/O)cc1. The van der Waals surface area contributed by atoms with Crippen LogP contribution in [0.2, 0.25) is 0 Å². The first kappa shape index (κ1) is 13.9. The highest BCUT2D eigenvalue weighted by Gasteiger charge is 2.06. The van der Waals surface area contributed by atoms with Crippen LogP contribution in [0.4, 0.5) is 0 Å². The Morgan fingerprint density at radius 2 is 1.95 bits per heavy atom. The Hall–Kier alpha value is -2.56. The second-order valence-electron chi connectivity index (χ2n) is 4.36. The number of aromatic nitrogens is 1. The third kappa shape index (κ3) is 3.06. The van der Waals surface area contributed by atoms with Crippen molar-refractivity contribution in [3.05, 3.63) is 53.3 Å². The smallest absolute Gasteiger partial charge is 0.170 e. The summed E-state index contributed by atoms with van der Waals surface area (Å²) in [6.45, 7) is 3.99. The fourth-order valence-electron chi connectivity index (χ4n) is 1.82. The zero-order chi connectivity index (χ0) is 14.5. The van der Waals surface area contributed by atoms with Gasteiger partial charge in [-0.2, -0.15) is 0 Å². The van der Waals surface area contributed by atoms with Gasteiger partial charge in [-0.15, -0.1) is 0 Å². The molecule has 5 nitrogen and oxygen atoms in total. The lowest BCUT2D eigenvalue weighted by Gasteiger charge is -2.10. The molecule has 0 aliphatic heterocycles. The molecule has 1 heterocycles. The minimum atomic E-state index is 0.0720. The topological polar surface area (TPSA) is 80.7 Å². The third-order valence-corrected chi connectivity index (χ3v) is 2.89. The lowest BCUT2D eigenvalue weighted by Crippen LogP contribution is -2.12. The summed E-state index contributed by atoms with van der Waals surface area (Å²) in [6, 6.07) is 10.8. The highest BCUT2D eigenvalue weighted by atomic mass is 16.5. The number of ether oxygens (including phenoxy) is 1. The van der Waals surface area contributed by atoms with Gasteiger partial charge in [0.15, 0.2) is 5.84 Å². The van der Waals surface area contributed by atoms with Crippen LogP contribution in [0.5, 0.6) is 11.5 Å². The summed E-state index contributed by atoms with van der Waals surface area (Å²) in [5, 5.41) is 11.6. The summed E-state index contributed by atoms with van der Waals surface area (Å²) in [5.41, 5.74) is 8.04. The molecule has 0 amide bonds. The molecule has 104 valence electrons. The molecule has 0 saturated heterocycles. The molecule has 2 aromatic rings. The number of pyridine rings is 1. The van der Waals surface area contributed by atoms with E-state index in [2.05, 4.69) is 10.1 Å². The molecule has 0 fully saturated rings. The monoisotopic (exact) mass is 271 g/mol. The van der Waals surface area contributed by atoms with Crippen LogP contribution in [0.25, 0.3) is 0 Å². The number of nitrogens with two attached hydrogens (primary N) is 1. The van der Waals surface area contributed by atoms with Gasteiger partial charge >= 0.3 is 0 Å². The number of nitrogens with zero attached hydrogens (tertiary/aromatic N) is 2. The predicted octanol–water partition coefficient (Wildman–Crippen LogP) is 2.84. The standard InChI is InChI=1S/C15H17N3O2/c1-3-13-14(9-4-10(2)17-13)20-12-7-5-11(6-8-12)15(16)18-19/h4-9,19H,3H2,1-2H3,(H2,16,18). The minimum absolute atomic E-state index is 0.0720. The number of amidine groups is 1. The van der Waals surface area contributed by atoms with E-state index in [1.54, 1.807) is 24.3 Å². The van der Waals surface area contributed by atoms with Gasteiger partial charge in [0.05, 0.1) is 5.69 Å². The Labute approximate surface area is 117 Å². The molecular weight excluding hydrogens is 254 g/mol. The average Bonchev–Trinajstić information content (AvgIpc) is 2.49. The Balaban J connectivity index is 2.22. The van der Waals surface area contributed by atoms with Crippen LogP contribution in [-0.4, -0.2) is 16.0 Å². The maximum atomic E-state index is 8.61. The van der Waals surface area contributed by atoms with E-state index in [1.165, 1.54) is 0 Å². The van der Waals surface area contributed by atoms with E-state index in [-0.39, 0.29) is 5.84 Å². The van der Waals surface area contributed by atoms with Crippen molar-refractivity contribution in [1.29, 1.82) is 0 Å². The largest absolute Gasteiger partial charge is 0.455 e. The van der Waals surface area contributed by atoms with Crippen molar-refractivity contribution in [3.63, 3.8) is 0 Å². The Morgan fingerprint density at radius 3 is 2.55 bits per heavy atom. The number of benzene rings is 1. The lowest BCUT2D eigenvalue weighted by molar-refractivity contribution is 0.318. The lowest BCUT2D eigenvalue weighted by atomic mass is 10.2. The fraction of sp³-hybridized carbons (Fsp3) is 0.200. The highest BCUT2D eigenvalue weighted by Crippen LogP contribution is 2.25. The van der Waals surface area contributed by atoms with Gasteiger partial charge in [-0.25, -0.2) is 0 Å². The van der Waals surface area contributed by atoms with Crippen molar-refractivity contribution < 1.29 is 9.94 Å². The first-order valence-corrected chi connectivity index (χ1v) is 6.36. The molecule has 0 radical (unpaired) electrons. The van der Waals surface area contributed by atoms with Crippen molar-refractivity contribution in [2.75, 3.05) is 0 Å². The summed E-state index contributed by atoms with van der Waals surface area (Å²) >= 11 is 0. The van der Waals surface area contributed by atoms with Crippen LogP contribution in [-0.2, 0) is 6.42 Å². The minimum Gasteiger partial charge on any atom is -0.455 e. The van der Waals surface area contributed by atoms with E-state index in [4.69, 9.17) is 15.7 Å². The molecule has 2 rings (SSSR count). The van der Waals surface area contributed by atoms with Crippen LogP contribution in [0.1, 0.15) is 23.9 Å². The van der Waals surface area contributed by atoms with Crippen molar-refractivity contribution in [1.82, 2.24) is 4.98 Å². The normalized spacial score (nSPS) is 11.4. The molecule has 0 bridgehead atoms. The number of hydrogen-bond donors (Lipinski definition) is 2. The van der Waals surface area contributed by atoms with Gasteiger partial charge in [0.1, 0.15) is 11.5 Å². The van der Waals surface area contributed by atoms with Gasteiger partial charge in [0, 0.05) is 11.3 Å². The van der Waals surface area contributed by atoms with Crippen LogP contribution in [0, 0.1) is 6.92 Å². The predicted molar refractivity (Wildman–Crippen MR) is 77.4 cm³/mol. The number of aryl methyl sites for hydroxylation is 2. The molecule has 0 spiro atoms. The van der Waals surface area contributed by atoms with Gasteiger partial charge in [-0.05, 0) is 49.7 Å². The molecule has 0 unspecified atom stereocenters. The fourth-order valence-corrected chi connectivity index (χ4v) is 1.82. The first-order chi connectivity index (χ1) is 9.63. The van der Waals surface area contributed by atoms with E-state index < -0.39 is 0 Å². The van der Waals surface area contributed by atoms with Crippen LogP contribution in [0.15, 0.2) is 41.6 Å². The van der Waals surface area contributed by atoms with E-state index in [9.17, 15) is 0 Å². The Kier molecular flexibility index (Phi) is 4.20. The quantitative estimate of drug-likeness (QED) is 0.388. The maximum absolute atomic E-state index is 8.61. The van der Waals surface area contributed by atoms with Crippen molar-refractivity contribution >= 4 is 5.84 Å². The van der Waals surface area contributed by atoms with E-state index in [0.717, 1.165) is 23.6 Å². The van der Waals surface area contributed by atoms with Gasteiger partial charge in [-0.1, -0.05) is 12.1 Å². The molecule has 0 saturated carbocycles. The molecule has 5 heteroatoms. The number of rotatable bonds is 4. The zero-order valence-corrected chi connectivity index (χ0v) is 11.5. The van der Waals surface area contributed by atoms with E-state index >= 15 is 0 Å². The molecule has 0 aliphatic rings. The Bertz CT molecular complexity index is 622. The van der Waals surface area contributed by atoms with Crippen molar-refractivity contribution in [3.8, 4) is 11.5 Å². The second-order valence-corrected chi connectivity index (χ2v) is 4.36. The number of hydrogen-bond acceptors (Lipinski definition) is 4. The Morgan fingerprint density at radius 1 is 1.25 bits per heavy atom. The summed E-state index contributed by atoms with van der Waals surface area (Å²) in [4.78, 5) is 4.45. The summed E-state index contributed by atoms with van der Waals surface area (Å²) in [6.07, 6.45) is 0.805. The van der Waals surface area contributed by atoms with Crippen LogP contribution < -0.4 is 10.5 Å². The average molecular weight is 271 g/mol. The summed E-state index contributed by atoms with van der Waals surface area (Å²) < 4.78 is 5.82. The van der Waals surface area contributed by atoms with Crippen molar-refractivity contribution in [2.24, 2.45) is 10.9 Å². The van der Waals surface area contributed by atoms with E-state index in [1.807, 2.05) is 26.0 Å². The molecule has 0 atom stereocenters. The summed E-state index contributed by atoms with van der Waals surface area (Å²) in [5.74, 6) is 1.50. The molecule has 20 heavy (non-hydrogen) atoms. The molecule has 1 aromatic carbocycles. The van der Waals surface area contributed by atoms with Gasteiger partial charge in [-0.3, -0.25) is 4.98 Å². The third-order valence-electron chi connectivity index (χ3n) is 2.89. The van der Waals surface area contributed by atoms with Gasteiger partial charge in [0.25, 0.3) is 0 Å². The molecular formula is C15H17N3O2. The second kappa shape index (κ2) is 6.06. The van der Waals surface area contributed by atoms with Gasteiger partial charge < -0.3 is 15.7 Å². The maximum Gasteiger partial charge on any atom is 0.170 e. The first-order valence-electron chi connectivity index (χ1n) is 6.36. The van der Waals surface area contributed by atoms with Crippen LogP contribution in [0.3, 0.4) is 0 Å². The molecule has 0 aliphatic carbocycles. The van der Waals surface area contributed by atoms with Crippen molar-refractivity contribution in [2.45, 2.75) is 20.3 Å². The van der Waals surface area contributed by atoms with Gasteiger partial charge in [0.2, 0.25) is 0 Å². The molecule has 1 aromatic heterocycles. The highest BCUT2D eigenvalue weighted by molar-refractivity contribution is 5.97.